The molecule has 5 rings (SSSR count). The minimum absolute atomic E-state index is 0.114. The Morgan fingerprint density at radius 3 is 2.68 bits per heavy atom. The fourth-order valence-corrected chi connectivity index (χ4v) is 4.78. The third kappa shape index (κ3) is 4.56. The summed E-state index contributed by atoms with van der Waals surface area (Å²) in [6.07, 6.45) is 4.20. The van der Waals surface area contributed by atoms with Crippen LogP contribution in [-0.2, 0) is 11.2 Å². The van der Waals surface area contributed by atoms with Crippen LogP contribution < -0.4 is 15.5 Å². The van der Waals surface area contributed by atoms with Crippen molar-refractivity contribution in [2.45, 2.75) is 32.2 Å². The molecule has 1 saturated heterocycles. The maximum Gasteiger partial charge on any atom is 0.228 e. The molecule has 1 fully saturated rings. The highest BCUT2D eigenvalue weighted by Gasteiger charge is 2.23. The van der Waals surface area contributed by atoms with Crippen LogP contribution in [0.25, 0.3) is 11.3 Å². The van der Waals surface area contributed by atoms with Crippen molar-refractivity contribution in [1.82, 2.24) is 19.9 Å². The predicted octanol–water partition coefficient (Wildman–Crippen LogP) is 4.27. The summed E-state index contributed by atoms with van der Waals surface area (Å²) in [7, 11) is 4.30. The number of pyridine rings is 1. The minimum atomic E-state index is -0.114. The number of rotatable bonds is 4. The van der Waals surface area contributed by atoms with E-state index in [0.717, 1.165) is 54.3 Å². The number of piperidine rings is 1. The summed E-state index contributed by atoms with van der Waals surface area (Å²) in [5.74, 6) is 1.34. The van der Waals surface area contributed by atoms with Crippen LogP contribution in [0.4, 0.5) is 23.1 Å². The molecule has 2 aromatic heterocycles. The number of aromatic nitrogens is 3. The van der Waals surface area contributed by atoms with Crippen molar-refractivity contribution in [1.29, 1.82) is 0 Å². The van der Waals surface area contributed by atoms with Gasteiger partial charge in [-0.3, -0.25) is 4.79 Å². The molecule has 2 aliphatic heterocycles. The van der Waals surface area contributed by atoms with Gasteiger partial charge in [-0.15, -0.1) is 0 Å². The number of anilines is 4. The van der Waals surface area contributed by atoms with Crippen molar-refractivity contribution < 1.29 is 4.79 Å². The van der Waals surface area contributed by atoms with E-state index in [0.29, 0.717) is 28.4 Å². The number of aryl methyl sites for hydroxylation is 1. The molecule has 0 bridgehead atoms. The molecular formula is C25H28ClN7O. The van der Waals surface area contributed by atoms with Gasteiger partial charge in [0.2, 0.25) is 11.9 Å². The highest BCUT2D eigenvalue weighted by Crippen LogP contribution is 2.35. The minimum Gasteiger partial charge on any atom is -0.356 e. The lowest BCUT2D eigenvalue weighted by molar-refractivity contribution is -0.115. The lowest BCUT2D eigenvalue weighted by Crippen LogP contribution is -2.42. The molecule has 0 atom stereocenters. The number of halogens is 1. The van der Waals surface area contributed by atoms with Crippen molar-refractivity contribution in [2.24, 2.45) is 0 Å². The second-order valence-electron chi connectivity index (χ2n) is 9.09. The Morgan fingerprint density at radius 2 is 1.94 bits per heavy atom. The zero-order chi connectivity index (χ0) is 23.8. The normalized spacial score (nSPS) is 16.0. The standard InChI is InChI=1S/C25H28ClN7O/c1-15-20(6-7-22(28-15)33-10-8-18(9-11-33)32(2)3)30-25-27-14-16-12-23(34)29-21-13-17(26)4-5-19(21)24(16)31-25/h4-7,13-14,18H,8-12H2,1-3H3,(H,29,34)(H,27,30,31). The van der Waals surface area contributed by atoms with E-state index in [2.05, 4.69) is 45.6 Å². The van der Waals surface area contributed by atoms with E-state index in [1.165, 1.54) is 0 Å². The largest absolute Gasteiger partial charge is 0.356 e. The fraction of sp³-hybridized carbons (Fsp3) is 0.360. The number of benzene rings is 1. The van der Waals surface area contributed by atoms with Gasteiger partial charge >= 0.3 is 0 Å². The molecule has 1 aromatic carbocycles. The second-order valence-corrected chi connectivity index (χ2v) is 9.53. The number of nitrogens with one attached hydrogen (secondary N) is 2. The van der Waals surface area contributed by atoms with Crippen molar-refractivity contribution in [3.05, 3.63) is 52.8 Å². The van der Waals surface area contributed by atoms with Crippen LogP contribution in [0.15, 0.2) is 36.5 Å². The van der Waals surface area contributed by atoms with Crippen molar-refractivity contribution >= 4 is 40.6 Å². The van der Waals surface area contributed by atoms with Crippen LogP contribution in [-0.4, -0.2) is 59.0 Å². The molecule has 3 aromatic rings. The zero-order valence-corrected chi connectivity index (χ0v) is 20.4. The van der Waals surface area contributed by atoms with Gasteiger partial charge in [0.1, 0.15) is 5.82 Å². The lowest BCUT2D eigenvalue weighted by atomic mass is 10.0. The summed E-state index contributed by atoms with van der Waals surface area (Å²) >= 11 is 6.14. The summed E-state index contributed by atoms with van der Waals surface area (Å²) in [6, 6.07) is 10.1. The molecule has 0 spiro atoms. The Kier molecular flexibility index (Phi) is 6.10. The monoisotopic (exact) mass is 477 g/mol. The summed E-state index contributed by atoms with van der Waals surface area (Å²) in [6.45, 7) is 4.00. The van der Waals surface area contributed by atoms with E-state index in [9.17, 15) is 4.79 Å². The smallest absolute Gasteiger partial charge is 0.228 e. The molecule has 2 aliphatic rings. The summed E-state index contributed by atoms with van der Waals surface area (Å²) in [5.41, 5.74) is 4.70. The van der Waals surface area contributed by atoms with E-state index in [-0.39, 0.29) is 12.3 Å². The first-order valence-corrected chi connectivity index (χ1v) is 11.9. The molecule has 0 radical (unpaired) electrons. The summed E-state index contributed by atoms with van der Waals surface area (Å²) in [5, 5.41) is 6.77. The van der Waals surface area contributed by atoms with Crippen molar-refractivity contribution in [3.63, 3.8) is 0 Å². The highest BCUT2D eigenvalue weighted by molar-refractivity contribution is 6.31. The maximum atomic E-state index is 12.3. The van der Waals surface area contributed by atoms with E-state index < -0.39 is 0 Å². The van der Waals surface area contributed by atoms with Gasteiger partial charge in [-0.25, -0.2) is 15.0 Å². The molecule has 34 heavy (non-hydrogen) atoms. The van der Waals surface area contributed by atoms with Crippen LogP contribution in [0.2, 0.25) is 5.02 Å². The molecule has 9 heteroatoms. The molecule has 1 amide bonds. The Morgan fingerprint density at radius 1 is 1.15 bits per heavy atom. The van der Waals surface area contributed by atoms with Crippen LogP contribution in [0.1, 0.15) is 24.1 Å². The van der Waals surface area contributed by atoms with Gasteiger partial charge in [-0.2, -0.15) is 0 Å². The SMILES string of the molecule is Cc1nc(N2CCC(N(C)C)CC2)ccc1Nc1ncc2c(n1)-c1ccc(Cl)cc1NC(=O)C2. The summed E-state index contributed by atoms with van der Waals surface area (Å²) in [4.78, 5) is 31.0. The molecule has 0 unspecified atom stereocenters. The van der Waals surface area contributed by atoms with Crippen molar-refractivity contribution in [3.8, 4) is 11.3 Å². The molecule has 0 aliphatic carbocycles. The fourth-order valence-electron chi connectivity index (χ4n) is 4.61. The van der Waals surface area contributed by atoms with E-state index >= 15 is 0 Å². The van der Waals surface area contributed by atoms with E-state index in [4.69, 9.17) is 21.6 Å². The number of nitrogens with zero attached hydrogens (tertiary/aromatic N) is 5. The molecular weight excluding hydrogens is 450 g/mol. The molecule has 8 nitrogen and oxygen atoms in total. The van der Waals surface area contributed by atoms with Gasteiger partial charge in [0, 0.05) is 41.5 Å². The molecule has 0 saturated carbocycles. The first-order valence-electron chi connectivity index (χ1n) is 11.5. The van der Waals surface area contributed by atoms with Crippen LogP contribution in [0.5, 0.6) is 0 Å². The lowest BCUT2D eigenvalue weighted by Gasteiger charge is -2.36. The quantitative estimate of drug-likeness (QED) is 0.580. The number of carbonyl (C=O) groups is 1. The number of carbonyl (C=O) groups excluding carboxylic acids is 1. The second kappa shape index (κ2) is 9.19. The third-order valence-corrected chi connectivity index (χ3v) is 6.80. The number of hydrogen-bond acceptors (Lipinski definition) is 7. The number of fused-ring (bicyclic) bond motifs is 3. The number of hydrogen-bond donors (Lipinski definition) is 2. The third-order valence-electron chi connectivity index (χ3n) is 6.56. The van der Waals surface area contributed by atoms with Gasteiger partial charge in [0.25, 0.3) is 0 Å². The first kappa shape index (κ1) is 22.6. The summed E-state index contributed by atoms with van der Waals surface area (Å²) < 4.78 is 0. The Hall–Kier alpha value is -3.23. The number of amides is 1. The Balaban J connectivity index is 1.38. The van der Waals surface area contributed by atoms with Gasteiger partial charge in [-0.05, 0) is 64.2 Å². The Labute approximate surface area is 204 Å². The maximum absolute atomic E-state index is 12.3. The van der Waals surface area contributed by atoms with Crippen LogP contribution in [0.3, 0.4) is 0 Å². The molecule has 2 N–H and O–H groups in total. The average Bonchev–Trinajstić information content (AvgIpc) is 2.95. The van der Waals surface area contributed by atoms with Crippen LogP contribution >= 0.6 is 11.6 Å². The van der Waals surface area contributed by atoms with Gasteiger partial charge < -0.3 is 20.4 Å². The Bertz CT molecular complexity index is 1240. The van der Waals surface area contributed by atoms with Crippen LogP contribution in [0, 0.1) is 6.92 Å². The van der Waals surface area contributed by atoms with Gasteiger partial charge in [-0.1, -0.05) is 11.6 Å². The highest BCUT2D eigenvalue weighted by atomic mass is 35.5. The van der Waals surface area contributed by atoms with E-state index in [1.807, 2.05) is 19.1 Å². The topological polar surface area (TPSA) is 86.3 Å². The van der Waals surface area contributed by atoms with E-state index in [1.54, 1.807) is 18.3 Å². The predicted molar refractivity (Wildman–Crippen MR) is 136 cm³/mol. The van der Waals surface area contributed by atoms with Gasteiger partial charge in [0.05, 0.1) is 29.2 Å². The zero-order valence-electron chi connectivity index (χ0n) is 19.6. The van der Waals surface area contributed by atoms with Gasteiger partial charge in [0.15, 0.2) is 0 Å². The molecule has 4 heterocycles. The van der Waals surface area contributed by atoms with Crippen molar-refractivity contribution in [2.75, 3.05) is 42.7 Å². The first-order chi connectivity index (χ1) is 16.4. The molecule has 176 valence electrons. The average molecular weight is 478 g/mol.